The van der Waals surface area contributed by atoms with Crippen molar-refractivity contribution < 1.29 is 0 Å². The van der Waals surface area contributed by atoms with Crippen LogP contribution in [0.25, 0.3) is 0 Å². The lowest BCUT2D eigenvalue weighted by Crippen LogP contribution is -1.59. The van der Waals surface area contributed by atoms with Crippen LogP contribution in [0.5, 0.6) is 0 Å². The van der Waals surface area contributed by atoms with Crippen LogP contribution in [-0.2, 0) is 0 Å². The topological polar surface area (TPSA) is 24.7 Å². The predicted molar refractivity (Wildman–Crippen MR) is 41.8 cm³/mol. The van der Waals surface area contributed by atoms with Crippen molar-refractivity contribution >= 4 is 23.5 Å². The summed E-state index contributed by atoms with van der Waals surface area (Å²) in [6.07, 6.45) is 0. The van der Waals surface area contributed by atoms with Gasteiger partial charge in [-0.1, -0.05) is 18.2 Å². The lowest BCUT2D eigenvalue weighted by Gasteiger charge is -1.84. The van der Waals surface area contributed by atoms with Gasteiger partial charge in [0.1, 0.15) is 6.01 Å². The van der Waals surface area contributed by atoms with Gasteiger partial charge in [-0.25, -0.2) is 0 Å². The van der Waals surface area contributed by atoms with Crippen molar-refractivity contribution in [3.8, 4) is 0 Å². The summed E-state index contributed by atoms with van der Waals surface area (Å²) in [4.78, 5) is 3.78. The van der Waals surface area contributed by atoms with Crippen LogP contribution in [0.15, 0.2) is 39.8 Å². The zero-order valence-corrected chi connectivity index (χ0v) is 5.92. The highest BCUT2D eigenvalue weighted by Gasteiger charge is 1.79. The number of aliphatic imine (C=N–C) groups is 1. The molecular weight excluding hydrogens is 148 g/mol. The van der Waals surface area contributed by atoms with Crippen molar-refractivity contribution in [2.75, 3.05) is 0 Å². The van der Waals surface area contributed by atoms with Crippen molar-refractivity contribution in [2.24, 2.45) is 9.50 Å². The normalized spacial score (nSPS) is 8.10. The first-order valence-corrected chi connectivity index (χ1v) is 3.09. The molecule has 0 aliphatic rings. The summed E-state index contributed by atoms with van der Waals surface area (Å²) in [5, 5.41) is 0. The molecule has 0 fully saturated rings. The summed E-state index contributed by atoms with van der Waals surface area (Å²) in [7, 11) is 0. The van der Waals surface area contributed by atoms with Gasteiger partial charge in [0.2, 0.25) is 0 Å². The third kappa shape index (κ3) is 2.02. The van der Waals surface area contributed by atoms with Gasteiger partial charge in [-0.2, -0.15) is 4.99 Å². The fourth-order valence-electron chi connectivity index (χ4n) is 0.579. The number of halogens is 1. The van der Waals surface area contributed by atoms with Gasteiger partial charge < -0.3 is 0 Å². The van der Waals surface area contributed by atoms with Gasteiger partial charge >= 0.3 is 0 Å². The SMILES string of the molecule is ClN=C=Nc1ccccc1. The van der Waals surface area contributed by atoms with E-state index in [0.717, 1.165) is 5.69 Å². The molecule has 0 amide bonds. The van der Waals surface area contributed by atoms with Crippen LogP contribution in [0.4, 0.5) is 5.69 Å². The smallest absolute Gasteiger partial charge is 0.114 e. The minimum absolute atomic E-state index is 0.798. The third-order valence-corrected chi connectivity index (χ3v) is 1.05. The molecule has 0 N–H and O–H groups in total. The first-order valence-electron chi connectivity index (χ1n) is 2.75. The number of para-hydroxylation sites is 1. The van der Waals surface area contributed by atoms with Crippen molar-refractivity contribution in [1.29, 1.82) is 0 Å². The molecule has 0 aliphatic carbocycles. The summed E-state index contributed by atoms with van der Waals surface area (Å²) < 4.78 is 3.09. The van der Waals surface area contributed by atoms with E-state index in [1.165, 1.54) is 0 Å². The summed E-state index contributed by atoms with van der Waals surface area (Å²) in [6, 6.07) is 11.6. The number of nitrogens with zero attached hydrogens (tertiary/aromatic N) is 2. The molecule has 0 atom stereocenters. The second kappa shape index (κ2) is 3.83. The fourth-order valence-corrected chi connectivity index (χ4v) is 0.617. The highest BCUT2D eigenvalue weighted by Crippen LogP contribution is 2.07. The average molecular weight is 153 g/mol. The number of hydrogen-bond acceptors (Lipinski definition) is 2. The van der Waals surface area contributed by atoms with E-state index in [1.54, 1.807) is 0 Å². The molecule has 50 valence electrons. The first kappa shape index (κ1) is 7.00. The summed E-state index contributed by atoms with van der Waals surface area (Å²) >= 11 is 4.97. The molecule has 0 saturated heterocycles. The lowest BCUT2D eigenvalue weighted by molar-refractivity contribution is 1.54. The van der Waals surface area contributed by atoms with Crippen LogP contribution < -0.4 is 0 Å². The van der Waals surface area contributed by atoms with E-state index in [0.29, 0.717) is 0 Å². The molecule has 0 heterocycles. The average Bonchev–Trinajstić information content (AvgIpc) is 2.03. The minimum atomic E-state index is 0.798. The third-order valence-electron chi connectivity index (χ3n) is 0.973. The van der Waals surface area contributed by atoms with E-state index in [9.17, 15) is 0 Å². The van der Waals surface area contributed by atoms with E-state index in [1.807, 2.05) is 30.3 Å². The fraction of sp³-hybridized carbons (Fsp3) is 0. The quantitative estimate of drug-likeness (QED) is 0.553. The Morgan fingerprint density at radius 1 is 1.20 bits per heavy atom. The summed E-state index contributed by atoms with van der Waals surface area (Å²) in [5.74, 6) is 0. The maximum Gasteiger partial charge on any atom is 0.114 e. The van der Waals surface area contributed by atoms with Crippen molar-refractivity contribution in [3.63, 3.8) is 0 Å². The van der Waals surface area contributed by atoms with Crippen molar-refractivity contribution in [3.05, 3.63) is 30.3 Å². The maximum absolute atomic E-state index is 4.97. The van der Waals surface area contributed by atoms with Gasteiger partial charge in [0.15, 0.2) is 0 Å². The minimum Gasteiger partial charge on any atom is -0.187 e. The van der Waals surface area contributed by atoms with E-state index in [4.69, 9.17) is 11.8 Å². The molecule has 3 heteroatoms. The zero-order valence-electron chi connectivity index (χ0n) is 5.16. The highest BCUT2D eigenvalue weighted by molar-refractivity contribution is 6.16. The molecule has 1 aromatic carbocycles. The molecule has 0 bridgehead atoms. The lowest BCUT2D eigenvalue weighted by atomic mass is 10.3. The van der Waals surface area contributed by atoms with Gasteiger partial charge in [-0.3, -0.25) is 0 Å². The Hall–Kier alpha value is -1.11. The van der Waals surface area contributed by atoms with Gasteiger partial charge in [0.05, 0.1) is 5.69 Å². The predicted octanol–water partition coefficient (Wildman–Crippen LogP) is 2.65. The molecule has 0 unspecified atom stereocenters. The van der Waals surface area contributed by atoms with E-state index < -0.39 is 0 Å². The molecule has 0 aliphatic heterocycles. The Labute approximate surface area is 64.0 Å². The van der Waals surface area contributed by atoms with E-state index in [-0.39, 0.29) is 0 Å². The molecule has 0 saturated carbocycles. The zero-order chi connectivity index (χ0) is 7.23. The summed E-state index contributed by atoms with van der Waals surface area (Å²) in [6.45, 7) is 0. The Kier molecular flexibility index (Phi) is 2.68. The Morgan fingerprint density at radius 3 is 2.50 bits per heavy atom. The maximum atomic E-state index is 4.97. The second-order valence-electron chi connectivity index (χ2n) is 1.63. The molecule has 1 aromatic rings. The molecular formula is C7H5ClN2. The van der Waals surface area contributed by atoms with Crippen LogP contribution in [0, 0.1) is 0 Å². The van der Waals surface area contributed by atoms with Crippen LogP contribution in [-0.4, -0.2) is 6.01 Å². The molecule has 1 rings (SSSR count). The first-order chi connectivity index (χ1) is 4.93. The molecule has 10 heavy (non-hydrogen) atoms. The standard InChI is InChI=1S/C7H5ClN2/c8-10-6-9-7-4-2-1-3-5-7/h1-5H. The second-order valence-corrected chi connectivity index (χ2v) is 1.80. The number of rotatable bonds is 1. The monoisotopic (exact) mass is 152 g/mol. The Balaban J connectivity index is 2.87. The largest absolute Gasteiger partial charge is 0.187 e. The van der Waals surface area contributed by atoms with Gasteiger partial charge in [0.25, 0.3) is 0 Å². The highest BCUT2D eigenvalue weighted by atomic mass is 35.5. The van der Waals surface area contributed by atoms with Gasteiger partial charge in [-0.15, -0.1) is 4.51 Å². The summed E-state index contributed by atoms with van der Waals surface area (Å²) in [5.41, 5.74) is 0.798. The van der Waals surface area contributed by atoms with Crippen molar-refractivity contribution in [2.45, 2.75) is 0 Å². The molecule has 2 nitrogen and oxygen atoms in total. The molecule has 0 spiro atoms. The van der Waals surface area contributed by atoms with Crippen LogP contribution in [0.2, 0.25) is 0 Å². The molecule has 0 radical (unpaired) electrons. The van der Waals surface area contributed by atoms with Crippen molar-refractivity contribution in [1.82, 2.24) is 0 Å². The number of hydrogen-bond donors (Lipinski definition) is 0. The molecule has 0 aromatic heterocycles. The van der Waals surface area contributed by atoms with Gasteiger partial charge in [0, 0.05) is 11.8 Å². The Morgan fingerprint density at radius 2 is 1.90 bits per heavy atom. The van der Waals surface area contributed by atoms with E-state index in [2.05, 4.69) is 15.5 Å². The number of benzene rings is 1. The van der Waals surface area contributed by atoms with E-state index >= 15 is 0 Å². The van der Waals surface area contributed by atoms with Crippen LogP contribution >= 0.6 is 11.8 Å². The van der Waals surface area contributed by atoms with Gasteiger partial charge in [-0.05, 0) is 12.1 Å². The van der Waals surface area contributed by atoms with Crippen LogP contribution in [0.1, 0.15) is 0 Å². The Bertz CT molecular complexity index is 250. The van der Waals surface area contributed by atoms with Crippen LogP contribution in [0.3, 0.4) is 0 Å².